The molecular weight excluding hydrogens is 298 g/mol. The predicted molar refractivity (Wildman–Crippen MR) is 75.5 cm³/mol. The monoisotopic (exact) mass is 306 g/mol. The van der Waals surface area contributed by atoms with E-state index in [2.05, 4.69) is 0 Å². The van der Waals surface area contributed by atoms with Crippen molar-refractivity contribution in [1.82, 2.24) is 0 Å². The number of carbonyl (C=O) groups is 1. The van der Waals surface area contributed by atoms with Gasteiger partial charge in [-0.15, -0.1) is 0 Å². The molecule has 0 amide bonds. The fourth-order valence-electron chi connectivity index (χ4n) is 2.19. The molecule has 2 nitrogen and oxygen atoms in total. The number of carbonyl (C=O) groups excluding carboxylic acids is 1. The van der Waals surface area contributed by atoms with E-state index in [4.69, 9.17) is 16.3 Å². The lowest BCUT2D eigenvalue weighted by molar-refractivity contribution is -0.118. The Morgan fingerprint density at radius 1 is 1.05 bits per heavy atom. The standard InChI is InChI=1S/C16H9ClF2O2/c17-10-3-6-12-14(7-10)21-8-13(20)16(19)15(12)9-1-4-11(18)5-2-9/h1-7H,8H2. The summed E-state index contributed by atoms with van der Waals surface area (Å²) in [6, 6.07) is 9.93. The maximum atomic E-state index is 14.4. The zero-order chi connectivity index (χ0) is 15.0. The molecule has 1 aliphatic heterocycles. The van der Waals surface area contributed by atoms with Gasteiger partial charge in [-0.05, 0) is 35.9 Å². The highest BCUT2D eigenvalue weighted by Gasteiger charge is 2.25. The number of hydrogen-bond acceptors (Lipinski definition) is 2. The zero-order valence-electron chi connectivity index (χ0n) is 10.7. The minimum Gasteiger partial charge on any atom is -0.485 e. The molecule has 3 rings (SSSR count). The van der Waals surface area contributed by atoms with Crippen LogP contribution in [-0.2, 0) is 4.79 Å². The second kappa shape index (κ2) is 5.30. The lowest BCUT2D eigenvalue weighted by Crippen LogP contribution is -2.10. The molecule has 0 aliphatic carbocycles. The van der Waals surface area contributed by atoms with Gasteiger partial charge >= 0.3 is 0 Å². The van der Waals surface area contributed by atoms with Crippen LogP contribution in [0.5, 0.6) is 5.75 Å². The molecule has 2 aromatic carbocycles. The maximum Gasteiger partial charge on any atom is 0.229 e. The summed E-state index contributed by atoms with van der Waals surface area (Å²) in [6.07, 6.45) is 0. The average Bonchev–Trinajstić information content (AvgIpc) is 2.59. The van der Waals surface area contributed by atoms with E-state index in [-0.39, 0.29) is 5.57 Å². The fraction of sp³-hybridized carbons (Fsp3) is 0.0625. The number of Topliss-reactive ketones (excluding diaryl/α,β-unsaturated/α-hetero) is 1. The van der Waals surface area contributed by atoms with Crippen molar-refractivity contribution in [1.29, 1.82) is 0 Å². The highest BCUT2D eigenvalue weighted by Crippen LogP contribution is 2.37. The number of ether oxygens (including phenoxy) is 1. The zero-order valence-corrected chi connectivity index (χ0v) is 11.5. The van der Waals surface area contributed by atoms with Crippen molar-refractivity contribution in [3.63, 3.8) is 0 Å². The summed E-state index contributed by atoms with van der Waals surface area (Å²) in [5.41, 5.74) is 0.898. The lowest BCUT2D eigenvalue weighted by atomic mass is 9.96. The van der Waals surface area contributed by atoms with Crippen LogP contribution in [0.25, 0.3) is 5.57 Å². The van der Waals surface area contributed by atoms with E-state index in [9.17, 15) is 13.6 Å². The van der Waals surface area contributed by atoms with Gasteiger partial charge in [0.05, 0.1) is 0 Å². The molecule has 106 valence electrons. The van der Waals surface area contributed by atoms with E-state index >= 15 is 0 Å². The molecular formula is C16H9ClF2O2. The first-order valence-electron chi connectivity index (χ1n) is 6.18. The number of halogens is 3. The first-order valence-corrected chi connectivity index (χ1v) is 6.55. The van der Waals surface area contributed by atoms with Crippen LogP contribution in [0.3, 0.4) is 0 Å². The normalized spacial score (nSPS) is 14.5. The first-order chi connectivity index (χ1) is 10.1. The summed E-state index contributed by atoms with van der Waals surface area (Å²) in [7, 11) is 0. The van der Waals surface area contributed by atoms with Crippen LogP contribution in [0.4, 0.5) is 8.78 Å². The highest BCUT2D eigenvalue weighted by molar-refractivity contribution is 6.30. The molecule has 0 saturated carbocycles. The molecule has 0 radical (unpaired) electrons. The smallest absolute Gasteiger partial charge is 0.229 e. The largest absolute Gasteiger partial charge is 0.485 e. The van der Waals surface area contributed by atoms with Crippen LogP contribution in [0.2, 0.25) is 5.02 Å². The van der Waals surface area contributed by atoms with Crippen LogP contribution in [0, 0.1) is 5.82 Å². The minimum absolute atomic E-state index is 0.0872. The molecule has 0 N–H and O–H groups in total. The van der Waals surface area contributed by atoms with Crippen molar-refractivity contribution < 1.29 is 18.3 Å². The Morgan fingerprint density at radius 3 is 2.48 bits per heavy atom. The number of hydrogen-bond donors (Lipinski definition) is 0. The van der Waals surface area contributed by atoms with Crippen LogP contribution < -0.4 is 4.74 Å². The van der Waals surface area contributed by atoms with E-state index in [1.807, 2.05) is 0 Å². The highest BCUT2D eigenvalue weighted by atomic mass is 35.5. The van der Waals surface area contributed by atoms with Gasteiger partial charge < -0.3 is 4.74 Å². The predicted octanol–water partition coefficient (Wildman–Crippen LogP) is 4.17. The molecule has 0 fully saturated rings. The molecule has 2 aromatic rings. The van der Waals surface area contributed by atoms with Gasteiger partial charge in [0.2, 0.25) is 5.78 Å². The Kier molecular flexibility index (Phi) is 3.47. The Morgan fingerprint density at radius 2 is 1.76 bits per heavy atom. The van der Waals surface area contributed by atoms with E-state index in [1.165, 1.54) is 30.3 Å². The maximum absolute atomic E-state index is 14.4. The SMILES string of the molecule is O=C1COc2cc(Cl)ccc2C(c2ccc(F)cc2)=C1F. The van der Waals surface area contributed by atoms with Crippen LogP contribution in [-0.4, -0.2) is 12.4 Å². The topological polar surface area (TPSA) is 26.3 Å². The first kappa shape index (κ1) is 13.8. The van der Waals surface area contributed by atoms with Gasteiger partial charge in [-0.25, -0.2) is 8.78 Å². The molecule has 5 heteroatoms. The Bertz CT molecular complexity index is 751. The van der Waals surface area contributed by atoms with Gasteiger partial charge in [-0.3, -0.25) is 4.79 Å². The number of ketones is 1. The van der Waals surface area contributed by atoms with Gasteiger partial charge in [-0.1, -0.05) is 23.7 Å². The minimum atomic E-state index is -0.900. The number of benzene rings is 2. The molecule has 1 heterocycles. The molecule has 0 spiro atoms. The van der Waals surface area contributed by atoms with Crippen molar-refractivity contribution in [2.75, 3.05) is 6.61 Å². The van der Waals surface area contributed by atoms with Crippen LogP contribution >= 0.6 is 11.6 Å². The summed E-state index contributed by atoms with van der Waals surface area (Å²) < 4.78 is 32.7. The Balaban J connectivity index is 2.25. The Hall–Kier alpha value is -2.20. The van der Waals surface area contributed by atoms with Gasteiger partial charge in [-0.2, -0.15) is 0 Å². The van der Waals surface area contributed by atoms with Gasteiger partial charge in [0.25, 0.3) is 0 Å². The second-order valence-corrected chi connectivity index (χ2v) is 4.98. The van der Waals surface area contributed by atoms with Crippen molar-refractivity contribution in [3.05, 3.63) is 70.3 Å². The molecule has 0 atom stereocenters. The summed E-state index contributed by atoms with van der Waals surface area (Å²) in [6.45, 7) is -0.399. The molecule has 1 aliphatic rings. The second-order valence-electron chi connectivity index (χ2n) is 4.55. The van der Waals surface area contributed by atoms with Crippen molar-refractivity contribution in [2.45, 2.75) is 0 Å². The van der Waals surface area contributed by atoms with E-state index < -0.39 is 24.0 Å². The summed E-state index contributed by atoms with van der Waals surface area (Å²) >= 11 is 5.89. The molecule has 21 heavy (non-hydrogen) atoms. The van der Waals surface area contributed by atoms with E-state index in [0.717, 1.165) is 0 Å². The Labute approximate surface area is 124 Å². The summed E-state index contributed by atoms with van der Waals surface area (Å²) in [5, 5.41) is 0.418. The third-order valence-corrected chi connectivity index (χ3v) is 3.40. The summed E-state index contributed by atoms with van der Waals surface area (Å²) in [4.78, 5) is 11.8. The average molecular weight is 307 g/mol. The van der Waals surface area contributed by atoms with Crippen molar-refractivity contribution in [2.24, 2.45) is 0 Å². The van der Waals surface area contributed by atoms with Gasteiger partial charge in [0.1, 0.15) is 11.6 Å². The number of rotatable bonds is 1. The number of fused-ring (bicyclic) bond motifs is 1. The third kappa shape index (κ3) is 2.54. The van der Waals surface area contributed by atoms with Crippen molar-refractivity contribution >= 4 is 23.0 Å². The molecule has 0 saturated heterocycles. The molecule has 0 unspecified atom stereocenters. The quantitative estimate of drug-likeness (QED) is 0.790. The van der Waals surface area contributed by atoms with E-state index in [1.54, 1.807) is 12.1 Å². The van der Waals surface area contributed by atoms with Crippen LogP contribution in [0.1, 0.15) is 11.1 Å². The van der Waals surface area contributed by atoms with Crippen LogP contribution in [0.15, 0.2) is 48.3 Å². The van der Waals surface area contributed by atoms with Gasteiger partial charge in [0, 0.05) is 16.2 Å². The summed E-state index contributed by atoms with van der Waals surface area (Å²) in [5.74, 6) is -1.78. The van der Waals surface area contributed by atoms with Crippen molar-refractivity contribution in [3.8, 4) is 5.75 Å². The molecule has 0 aromatic heterocycles. The van der Waals surface area contributed by atoms with E-state index in [0.29, 0.717) is 21.9 Å². The fourth-order valence-corrected chi connectivity index (χ4v) is 2.35. The lowest BCUT2D eigenvalue weighted by Gasteiger charge is -2.11. The molecule has 0 bridgehead atoms. The van der Waals surface area contributed by atoms with Gasteiger partial charge in [0.15, 0.2) is 12.4 Å². The third-order valence-electron chi connectivity index (χ3n) is 3.17.